The Morgan fingerprint density at radius 2 is 2.00 bits per heavy atom. The van der Waals surface area contributed by atoms with Crippen LogP contribution in [0, 0.1) is 13.8 Å². The maximum absolute atomic E-state index is 12.2. The average Bonchev–Trinajstić information content (AvgIpc) is 2.96. The minimum absolute atomic E-state index is 0.105. The van der Waals surface area contributed by atoms with Crippen LogP contribution in [0.2, 0.25) is 0 Å². The Balaban J connectivity index is 1.74. The highest BCUT2D eigenvalue weighted by molar-refractivity contribution is 5.91. The van der Waals surface area contributed by atoms with E-state index in [-0.39, 0.29) is 5.91 Å². The van der Waals surface area contributed by atoms with Gasteiger partial charge in [0, 0.05) is 18.5 Å². The molecule has 0 saturated carbocycles. The van der Waals surface area contributed by atoms with Crippen molar-refractivity contribution in [2.45, 2.75) is 20.3 Å². The molecule has 1 amide bonds. The van der Waals surface area contributed by atoms with Crippen LogP contribution in [0.4, 0.5) is 5.82 Å². The molecule has 6 nitrogen and oxygen atoms in total. The first-order chi connectivity index (χ1) is 11.1. The maximum atomic E-state index is 12.2. The fourth-order valence-corrected chi connectivity index (χ4v) is 2.34. The number of hydrogen-bond donors (Lipinski definition) is 1. The Morgan fingerprint density at radius 3 is 2.74 bits per heavy atom. The summed E-state index contributed by atoms with van der Waals surface area (Å²) in [5, 5.41) is 2.82. The topological polar surface area (TPSA) is 72.7 Å². The number of carbonyl (C=O) groups excluding carboxylic acids is 1. The number of nitrogens with zero attached hydrogens (tertiary/aromatic N) is 4. The zero-order valence-corrected chi connectivity index (χ0v) is 13.0. The number of anilines is 1. The second kappa shape index (κ2) is 6.39. The van der Waals surface area contributed by atoms with Crippen LogP contribution >= 0.6 is 0 Å². The SMILES string of the molecule is Cc1ccccc1CC(=O)Nc1cc(-n2ccnc2C)ncn1. The fourth-order valence-electron chi connectivity index (χ4n) is 2.34. The van der Waals surface area contributed by atoms with Crippen molar-refractivity contribution in [1.29, 1.82) is 0 Å². The largest absolute Gasteiger partial charge is 0.310 e. The van der Waals surface area contributed by atoms with Gasteiger partial charge in [0.25, 0.3) is 0 Å². The molecule has 116 valence electrons. The summed E-state index contributed by atoms with van der Waals surface area (Å²) in [6.07, 6.45) is 5.26. The monoisotopic (exact) mass is 307 g/mol. The second-order valence-corrected chi connectivity index (χ2v) is 5.26. The Bertz CT molecular complexity index is 840. The lowest BCUT2D eigenvalue weighted by atomic mass is 10.1. The van der Waals surface area contributed by atoms with Gasteiger partial charge in [-0.3, -0.25) is 9.36 Å². The van der Waals surface area contributed by atoms with Gasteiger partial charge in [0.1, 0.15) is 23.8 Å². The first kappa shape index (κ1) is 14.9. The smallest absolute Gasteiger partial charge is 0.229 e. The molecular formula is C17H17N5O. The van der Waals surface area contributed by atoms with Crippen LogP contribution in [0.1, 0.15) is 17.0 Å². The van der Waals surface area contributed by atoms with E-state index in [2.05, 4.69) is 20.3 Å². The lowest BCUT2D eigenvalue weighted by Crippen LogP contribution is -2.16. The Labute approximate surface area is 134 Å². The highest BCUT2D eigenvalue weighted by Gasteiger charge is 2.09. The molecule has 0 atom stereocenters. The van der Waals surface area contributed by atoms with E-state index in [1.165, 1.54) is 6.33 Å². The van der Waals surface area contributed by atoms with Crippen molar-refractivity contribution in [2.24, 2.45) is 0 Å². The summed E-state index contributed by atoms with van der Waals surface area (Å²) in [6, 6.07) is 9.56. The number of carbonyl (C=O) groups is 1. The molecule has 1 N–H and O–H groups in total. The van der Waals surface area contributed by atoms with Crippen molar-refractivity contribution in [3.05, 3.63) is 66.0 Å². The third kappa shape index (κ3) is 3.42. The highest BCUT2D eigenvalue weighted by Crippen LogP contribution is 2.12. The molecule has 0 aliphatic heterocycles. The van der Waals surface area contributed by atoms with Gasteiger partial charge in [-0.2, -0.15) is 0 Å². The van der Waals surface area contributed by atoms with E-state index in [1.807, 2.05) is 48.9 Å². The number of amides is 1. The molecule has 0 saturated heterocycles. The molecule has 3 rings (SSSR count). The molecule has 0 aliphatic carbocycles. The summed E-state index contributed by atoms with van der Waals surface area (Å²) < 4.78 is 1.83. The van der Waals surface area contributed by atoms with Gasteiger partial charge in [0.2, 0.25) is 5.91 Å². The molecule has 2 aromatic heterocycles. The minimum Gasteiger partial charge on any atom is -0.310 e. The number of rotatable bonds is 4. The molecule has 6 heteroatoms. The van der Waals surface area contributed by atoms with E-state index in [0.29, 0.717) is 18.1 Å². The molecule has 2 heterocycles. The van der Waals surface area contributed by atoms with Gasteiger partial charge in [-0.25, -0.2) is 15.0 Å². The molecule has 0 fully saturated rings. The van der Waals surface area contributed by atoms with Gasteiger partial charge < -0.3 is 5.32 Å². The number of imidazole rings is 1. The fraction of sp³-hybridized carbons (Fsp3) is 0.176. The normalized spacial score (nSPS) is 10.5. The zero-order chi connectivity index (χ0) is 16.2. The molecule has 0 radical (unpaired) electrons. The van der Waals surface area contributed by atoms with E-state index >= 15 is 0 Å². The molecule has 23 heavy (non-hydrogen) atoms. The first-order valence-electron chi connectivity index (χ1n) is 7.30. The molecule has 0 unspecified atom stereocenters. The third-order valence-corrected chi connectivity index (χ3v) is 3.60. The van der Waals surface area contributed by atoms with Crippen LogP contribution in [-0.4, -0.2) is 25.4 Å². The number of benzene rings is 1. The van der Waals surface area contributed by atoms with Crippen molar-refractivity contribution in [3.8, 4) is 5.82 Å². The summed E-state index contributed by atoms with van der Waals surface area (Å²) >= 11 is 0. The summed E-state index contributed by atoms with van der Waals surface area (Å²) in [7, 11) is 0. The predicted octanol–water partition coefficient (Wildman–Crippen LogP) is 2.46. The lowest BCUT2D eigenvalue weighted by Gasteiger charge is -2.08. The standard InChI is InChI=1S/C17H17N5O/c1-12-5-3-4-6-14(12)9-17(23)21-15-10-16(20-11-19-15)22-8-7-18-13(22)2/h3-8,10-11H,9H2,1-2H3,(H,19,20,21,23). The third-order valence-electron chi connectivity index (χ3n) is 3.60. The Kier molecular flexibility index (Phi) is 4.14. The molecule has 0 bridgehead atoms. The van der Waals surface area contributed by atoms with E-state index in [9.17, 15) is 4.79 Å². The lowest BCUT2D eigenvalue weighted by molar-refractivity contribution is -0.115. The van der Waals surface area contributed by atoms with Crippen LogP contribution in [0.5, 0.6) is 0 Å². The van der Waals surface area contributed by atoms with Crippen LogP contribution in [0.3, 0.4) is 0 Å². The minimum atomic E-state index is -0.105. The molecule has 1 aromatic carbocycles. The van der Waals surface area contributed by atoms with Crippen molar-refractivity contribution in [2.75, 3.05) is 5.32 Å². The van der Waals surface area contributed by atoms with Crippen LogP contribution in [0.15, 0.2) is 49.1 Å². The van der Waals surface area contributed by atoms with Crippen LogP contribution in [0.25, 0.3) is 5.82 Å². The average molecular weight is 307 g/mol. The molecular weight excluding hydrogens is 290 g/mol. The van der Waals surface area contributed by atoms with E-state index in [4.69, 9.17) is 0 Å². The van der Waals surface area contributed by atoms with Crippen LogP contribution < -0.4 is 5.32 Å². The van der Waals surface area contributed by atoms with Gasteiger partial charge in [-0.1, -0.05) is 24.3 Å². The summed E-state index contributed by atoms with van der Waals surface area (Å²) in [4.78, 5) is 24.7. The van der Waals surface area contributed by atoms with Gasteiger partial charge in [-0.15, -0.1) is 0 Å². The molecule has 0 spiro atoms. The number of aromatic nitrogens is 4. The van der Waals surface area contributed by atoms with Gasteiger partial charge in [0.05, 0.1) is 6.42 Å². The number of hydrogen-bond acceptors (Lipinski definition) is 4. The van der Waals surface area contributed by atoms with Gasteiger partial charge in [0.15, 0.2) is 0 Å². The highest BCUT2D eigenvalue weighted by atomic mass is 16.1. The van der Waals surface area contributed by atoms with E-state index in [1.54, 1.807) is 12.3 Å². The van der Waals surface area contributed by atoms with Crippen molar-refractivity contribution < 1.29 is 4.79 Å². The summed E-state index contributed by atoms with van der Waals surface area (Å²) in [5.74, 6) is 1.86. The molecule has 0 aliphatic rings. The van der Waals surface area contributed by atoms with Crippen molar-refractivity contribution in [1.82, 2.24) is 19.5 Å². The van der Waals surface area contributed by atoms with Gasteiger partial charge >= 0.3 is 0 Å². The van der Waals surface area contributed by atoms with Crippen molar-refractivity contribution in [3.63, 3.8) is 0 Å². The predicted molar refractivity (Wildman–Crippen MR) is 87.4 cm³/mol. The van der Waals surface area contributed by atoms with E-state index in [0.717, 1.165) is 17.0 Å². The Hall–Kier alpha value is -3.02. The first-order valence-corrected chi connectivity index (χ1v) is 7.30. The molecule has 3 aromatic rings. The Morgan fingerprint density at radius 1 is 1.17 bits per heavy atom. The summed E-state index contributed by atoms with van der Waals surface area (Å²) in [6.45, 7) is 3.88. The zero-order valence-electron chi connectivity index (χ0n) is 13.0. The van der Waals surface area contributed by atoms with Crippen molar-refractivity contribution >= 4 is 11.7 Å². The van der Waals surface area contributed by atoms with Gasteiger partial charge in [-0.05, 0) is 25.0 Å². The number of aryl methyl sites for hydroxylation is 2. The van der Waals surface area contributed by atoms with Crippen LogP contribution in [-0.2, 0) is 11.2 Å². The van der Waals surface area contributed by atoms with E-state index < -0.39 is 0 Å². The second-order valence-electron chi connectivity index (χ2n) is 5.26. The summed E-state index contributed by atoms with van der Waals surface area (Å²) in [5.41, 5.74) is 2.10. The number of nitrogens with one attached hydrogen (secondary N) is 1. The maximum Gasteiger partial charge on any atom is 0.229 e. The quantitative estimate of drug-likeness (QED) is 0.803.